The lowest BCUT2D eigenvalue weighted by Gasteiger charge is -2.18. The minimum atomic E-state index is 0.0212. The molecule has 0 saturated heterocycles. The first-order valence-electron chi connectivity index (χ1n) is 10.1. The number of thiazole rings is 1. The molecule has 3 atom stereocenters. The molecule has 3 aromatic rings. The fourth-order valence-corrected chi connectivity index (χ4v) is 5.00. The van der Waals surface area contributed by atoms with Gasteiger partial charge in [-0.05, 0) is 44.2 Å². The number of aliphatic hydroxyl groups excluding tert-OH is 1. The topological polar surface area (TPSA) is 92.2 Å². The van der Waals surface area contributed by atoms with Gasteiger partial charge in [0.15, 0.2) is 0 Å². The van der Waals surface area contributed by atoms with Crippen molar-refractivity contribution in [2.24, 2.45) is 5.92 Å². The summed E-state index contributed by atoms with van der Waals surface area (Å²) in [6, 6.07) is 8.23. The summed E-state index contributed by atoms with van der Waals surface area (Å²) in [4.78, 5) is 14.0. The first-order chi connectivity index (χ1) is 14.6. The molecular formula is C21H26ClN5O2S. The second-order valence-electron chi connectivity index (χ2n) is 7.68. The fourth-order valence-electron chi connectivity index (χ4n) is 3.67. The molecule has 4 rings (SSSR count). The van der Waals surface area contributed by atoms with Crippen LogP contribution in [0.25, 0.3) is 20.8 Å². The maximum atomic E-state index is 9.49. The van der Waals surface area contributed by atoms with E-state index < -0.39 is 0 Å². The Morgan fingerprint density at radius 2 is 2.10 bits per heavy atom. The molecule has 1 saturated carbocycles. The Morgan fingerprint density at radius 1 is 1.27 bits per heavy atom. The van der Waals surface area contributed by atoms with E-state index in [1.165, 1.54) is 0 Å². The SMILES string of the molecule is CO[C@H](C)CNc1nc(Cl)c(-c2nc3ccccc3s2)c(N[C@H]2CC[C@@H](CO)C2)n1. The van der Waals surface area contributed by atoms with Crippen LogP contribution in [0.4, 0.5) is 11.8 Å². The number of aliphatic hydroxyl groups is 1. The summed E-state index contributed by atoms with van der Waals surface area (Å²) >= 11 is 8.22. The van der Waals surface area contributed by atoms with E-state index in [1.807, 2.05) is 31.2 Å². The van der Waals surface area contributed by atoms with Crippen LogP contribution in [-0.2, 0) is 4.74 Å². The maximum absolute atomic E-state index is 9.49. The molecule has 1 aliphatic rings. The van der Waals surface area contributed by atoms with Gasteiger partial charge in [-0.3, -0.25) is 0 Å². The maximum Gasteiger partial charge on any atom is 0.226 e. The van der Waals surface area contributed by atoms with Crippen molar-refractivity contribution in [3.05, 3.63) is 29.4 Å². The normalized spacial score (nSPS) is 19.9. The lowest BCUT2D eigenvalue weighted by molar-refractivity contribution is 0.128. The van der Waals surface area contributed by atoms with E-state index in [1.54, 1.807) is 18.4 Å². The number of methoxy groups -OCH3 is 1. The van der Waals surface area contributed by atoms with Crippen molar-refractivity contribution >= 4 is 44.9 Å². The molecule has 1 aromatic carbocycles. The van der Waals surface area contributed by atoms with Gasteiger partial charge in [0.05, 0.1) is 21.9 Å². The number of hydrogen-bond acceptors (Lipinski definition) is 8. The number of fused-ring (bicyclic) bond motifs is 1. The lowest BCUT2D eigenvalue weighted by atomic mass is 10.1. The van der Waals surface area contributed by atoms with Crippen molar-refractivity contribution in [1.82, 2.24) is 15.0 Å². The molecule has 0 radical (unpaired) electrons. The largest absolute Gasteiger partial charge is 0.396 e. The number of nitrogens with zero attached hydrogens (tertiary/aromatic N) is 3. The number of para-hydroxylation sites is 1. The summed E-state index contributed by atoms with van der Waals surface area (Å²) in [5.74, 6) is 1.45. The second-order valence-corrected chi connectivity index (χ2v) is 9.07. The van der Waals surface area contributed by atoms with Gasteiger partial charge in [-0.15, -0.1) is 11.3 Å². The van der Waals surface area contributed by atoms with Crippen LogP contribution in [0.3, 0.4) is 0 Å². The number of hydrogen-bond donors (Lipinski definition) is 3. The van der Waals surface area contributed by atoms with Crippen molar-refractivity contribution in [1.29, 1.82) is 0 Å². The zero-order valence-electron chi connectivity index (χ0n) is 17.1. The van der Waals surface area contributed by atoms with E-state index >= 15 is 0 Å². The van der Waals surface area contributed by atoms with E-state index in [0.29, 0.717) is 29.4 Å². The molecular weight excluding hydrogens is 422 g/mol. The highest BCUT2D eigenvalue weighted by atomic mass is 35.5. The highest BCUT2D eigenvalue weighted by Gasteiger charge is 2.27. The number of anilines is 2. The third-order valence-corrected chi connectivity index (χ3v) is 6.79. The van der Waals surface area contributed by atoms with Crippen LogP contribution in [0.5, 0.6) is 0 Å². The second kappa shape index (κ2) is 9.43. The molecule has 0 aliphatic heterocycles. The molecule has 160 valence electrons. The first kappa shape index (κ1) is 21.2. The van der Waals surface area contributed by atoms with Gasteiger partial charge in [0.1, 0.15) is 16.0 Å². The van der Waals surface area contributed by atoms with Gasteiger partial charge in [0.2, 0.25) is 5.95 Å². The summed E-state index contributed by atoms with van der Waals surface area (Å²) in [5, 5.41) is 17.4. The molecule has 3 N–H and O–H groups in total. The van der Waals surface area contributed by atoms with Crippen LogP contribution < -0.4 is 10.6 Å². The Hall–Kier alpha value is -2.00. The Labute approximate surface area is 184 Å². The van der Waals surface area contributed by atoms with Gasteiger partial charge < -0.3 is 20.5 Å². The summed E-state index contributed by atoms with van der Waals surface area (Å²) in [7, 11) is 1.67. The average molecular weight is 448 g/mol. The summed E-state index contributed by atoms with van der Waals surface area (Å²) in [6.07, 6.45) is 2.91. The number of benzene rings is 1. The monoisotopic (exact) mass is 447 g/mol. The van der Waals surface area contributed by atoms with E-state index in [2.05, 4.69) is 15.6 Å². The van der Waals surface area contributed by atoms with Crippen molar-refractivity contribution in [2.45, 2.75) is 38.3 Å². The summed E-state index contributed by atoms with van der Waals surface area (Å²) in [5.41, 5.74) is 1.65. The predicted molar refractivity (Wildman–Crippen MR) is 122 cm³/mol. The van der Waals surface area contributed by atoms with Gasteiger partial charge in [-0.1, -0.05) is 23.7 Å². The van der Waals surface area contributed by atoms with E-state index in [9.17, 15) is 5.11 Å². The van der Waals surface area contributed by atoms with Crippen molar-refractivity contribution in [3.63, 3.8) is 0 Å². The number of halogens is 1. The Bertz CT molecular complexity index is 981. The Balaban J connectivity index is 1.69. The third-order valence-electron chi connectivity index (χ3n) is 5.46. The van der Waals surface area contributed by atoms with Gasteiger partial charge >= 0.3 is 0 Å². The molecule has 1 fully saturated rings. The van der Waals surface area contributed by atoms with E-state index in [-0.39, 0.29) is 18.8 Å². The smallest absolute Gasteiger partial charge is 0.226 e. The number of ether oxygens (including phenoxy) is 1. The summed E-state index contributed by atoms with van der Waals surface area (Å²) < 4.78 is 6.38. The Morgan fingerprint density at radius 3 is 2.83 bits per heavy atom. The predicted octanol–water partition coefficient (Wildman–Crippen LogP) is 4.43. The minimum Gasteiger partial charge on any atom is -0.396 e. The molecule has 2 aromatic heterocycles. The Kier molecular flexibility index (Phi) is 6.67. The van der Waals surface area contributed by atoms with E-state index in [0.717, 1.165) is 40.1 Å². The highest BCUT2D eigenvalue weighted by molar-refractivity contribution is 7.21. The molecule has 1 aliphatic carbocycles. The van der Waals surface area contributed by atoms with Crippen LogP contribution in [-0.4, -0.2) is 52.5 Å². The molecule has 7 nitrogen and oxygen atoms in total. The standard InChI is InChI=1S/C21H26ClN5O2S/c1-12(29-2)10-23-21-26-18(22)17(20-25-15-5-3-4-6-16(15)30-20)19(27-21)24-14-8-7-13(9-14)11-28/h3-6,12-14,28H,7-11H2,1-2H3,(H2,23,24,26,27)/t12-,13-,14+/m1/s1. The quantitative estimate of drug-likeness (QED) is 0.440. The molecule has 0 unspecified atom stereocenters. The third kappa shape index (κ3) is 4.67. The first-order valence-corrected chi connectivity index (χ1v) is 11.3. The lowest BCUT2D eigenvalue weighted by Crippen LogP contribution is -2.21. The minimum absolute atomic E-state index is 0.0212. The van der Waals surface area contributed by atoms with Crippen molar-refractivity contribution in [2.75, 3.05) is 30.9 Å². The number of rotatable bonds is 8. The van der Waals surface area contributed by atoms with Crippen LogP contribution in [0.15, 0.2) is 24.3 Å². The summed E-state index contributed by atoms with van der Waals surface area (Å²) in [6.45, 7) is 2.76. The van der Waals surface area contributed by atoms with Crippen LogP contribution in [0, 0.1) is 5.92 Å². The van der Waals surface area contributed by atoms with Gasteiger partial charge in [0, 0.05) is 26.3 Å². The zero-order valence-corrected chi connectivity index (χ0v) is 18.6. The molecule has 2 heterocycles. The number of aromatic nitrogens is 3. The van der Waals surface area contributed by atoms with Crippen LogP contribution >= 0.6 is 22.9 Å². The number of nitrogens with one attached hydrogen (secondary N) is 2. The van der Waals surface area contributed by atoms with Crippen molar-refractivity contribution < 1.29 is 9.84 Å². The molecule has 0 bridgehead atoms. The molecule has 9 heteroatoms. The average Bonchev–Trinajstić information content (AvgIpc) is 3.38. The van der Waals surface area contributed by atoms with Crippen LogP contribution in [0.2, 0.25) is 5.15 Å². The molecule has 0 spiro atoms. The van der Waals surface area contributed by atoms with E-state index in [4.69, 9.17) is 26.3 Å². The van der Waals surface area contributed by atoms with Crippen LogP contribution in [0.1, 0.15) is 26.2 Å². The van der Waals surface area contributed by atoms with Gasteiger partial charge in [-0.2, -0.15) is 4.98 Å². The highest BCUT2D eigenvalue weighted by Crippen LogP contribution is 2.39. The van der Waals surface area contributed by atoms with Crippen molar-refractivity contribution in [3.8, 4) is 10.6 Å². The zero-order chi connectivity index (χ0) is 21.1. The molecule has 0 amide bonds. The molecule has 30 heavy (non-hydrogen) atoms. The van der Waals surface area contributed by atoms with Gasteiger partial charge in [0.25, 0.3) is 0 Å². The van der Waals surface area contributed by atoms with Gasteiger partial charge in [-0.25, -0.2) is 9.97 Å². The fraction of sp³-hybridized carbons (Fsp3) is 0.476.